The first-order valence-electron chi connectivity index (χ1n) is 6.14. The molecule has 3 rings (SSSR count). The summed E-state index contributed by atoms with van der Waals surface area (Å²) in [4.78, 5) is 6.46. The van der Waals surface area contributed by atoms with Crippen molar-refractivity contribution in [2.24, 2.45) is 0 Å². The predicted octanol–water partition coefficient (Wildman–Crippen LogP) is 1.11. The van der Waals surface area contributed by atoms with Gasteiger partial charge in [-0.25, -0.2) is 0 Å². The molecule has 1 unspecified atom stereocenters. The van der Waals surface area contributed by atoms with Crippen LogP contribution in [0.4, 0.5) is 5.95 Å². The molecule has 1 aromatic heterocycles. The zero-order valence-corrected chi connectivity index (χ0v) is 10.6. The fourth-order valence-corrected chi connectivity index (χ4v) is 2.36. The summed E-state index contributed by atoms with van der Waals surface area (Å²) < 4.78 is 0. The van der Waals surface area contributed by atoms with E-state index in [0.29, 0.717) is 0 Å². The second-order valence-electron chi connectivity index (χ2n) is 4.80. The molecule has 2 N–H and O–H groups in total. The van der Waals surface area contributed by atoms with Crippen molar-refractivity contribution >= 4 is 5.95 Å². The molecule has 0 saturated carbocycles. The number of aromatic amines is 1. The van der Waals surface area contributed by atoms with Gasteiger partial charge >= 0.3 is 0 Å². The Labute approximate surface area is 106 Å². The zero-order valence-electron chi connectivity index (χ0n) is 10.6. The van der Waals surface area contributed by atoms with E-state index >= 15 is 0 Å². The summed E-state index contributed by atoms with van der Waals surface area (Å²) in [5, 5.41) is 10.7. The van der Waals surface area contributed by atoms with E-state index in [9.17, 15) is 0 Å². The van der Waals surface area contributed by atoms with Crippen LogP contribution in [0.1, 0.15) is 22.9 Å². The number of aromatic nitrogens is 3. The summed E-state index contributed by atoms with van der Waals surface area (Å²) in [5.74, 6) is 1.92. The number of nitrogens with one attached hydrogen (secondary N) is 2. The van der Waals surface area contributed by atoms with Crippen LogP contribution in [0.3, 0.4) is 0 Å². The third-order valence-corrected chi connectivity index (χ3v) is 3.32. The number of benzene rings is 1. The monoisotopic (exact) mass is 243 g/mol. The lowest BCUT2D eigenvalue weighted by atomic mass is 9.90. The van der Waals surface area contributed by atoms with Gasteiger partial charge in [0, 0.05) is 27.2 Å². The van der Waals surface area contributed by atoms with Crippen molar-refractivity contribution in [2.75, 3.05) is 25.5 Å². The number of anilines is 1. The molecule has 18 heavy (non-hydrogen) atoms. The van der Waals surface area contributed by atoms with Gasteiger partial charge < -0.3 is 10.2 Å². The van der Waals surface area contributed by atoms with Gasteiger partial charge in [-0.1, -0.05) is 24.3 Å². The van der Waals surface area contributed by atoms with E-state index in [2.05, 4.69) is 44.8 Å². The molecule has 1 atom stereocenters. The van der Waals surface area contributed by atoms with Crippen molar-refractivity contribution in [3.8, 4) is 0 Å². The van der Waals surface area contributed by atoms with Gasteiger partial charge in [0.05, 0.1) is 5.92 Å². The van der Waals surface area contributed by atoms with Crippen LogP contribution in [0.15, 0.2) is 24.3 Å². The number of hydrogen-bond donors (Lipinski definition) is 2. The standard InChI is InChI=1S/C13H17N5/c1-18(2)13-15-12(16-17-13)11-8-14-7-9-5-3-4-6-10(9)11/h3-6,11,14H,7-8H2,1-2H3,(H,15,16,17). The Morgan fingerprint density at radius 3 is 2.89 bits per heavy atom. The van der Waals surface area contributed by atoms with Crippen LogP contribution >= 0.6 is 0 Å². The van der Waals surface area contributed by atoms with E-state index < -0.39 is 0 Å². The summed E-state index contributed by atoms with van der Waals surface area (Å²) in [7, 11) is 3.89. The number of nitrogens with zero attached hydrogens (tertiary/aromatic N) is 3. The lowest BCUT2D eigenvalue weighted by molar-refractivity contribution is 0.573. The molecule has 1 aliphatic rings. The van der Waals surface area contributed by atoms with Crippen molar-refractivity contribution in [3.05, 3.63) is 41.2 Å². The van der Waals surface area contributed by atoms with E-state index in [0.717, 1.165) is 24.9 Å². The van der Waals surface area contributed by atoms with Crippen molar-refractivity contribution < 1.29 is 0 Å². The summed E-state index contributed by atoms with van der Waals surface area (Å²) in [6.45, 7) is 1.83. The van der Waals surface area contributed by atoms with Crippen LogP contribution in [0.25, 0.3) is 0 Å². The highest BCUT2D eigenvalue weighted by Gasteiger charge is 2.24. The Morgan fingerprint density at radius 2 is 2.11 bits per heavy atom. The quantitative estimate of drug-likeness (QED) is 0.829. The number of fused-ring (bicyclic) bond motifs is 1. The minimum atomic E-state index is 0.260. The normalized spacial score (nSPS) is 18.4. The van der Waals surface area contributed by atoms with Gasteiger partial charge in [0.15, 0.2) is 0 Å². The average Bonchev–Trinajstić information content (AvgIpc) is 2.87. The first-order valence-corrected chi connectivity index (χ1v) is 6.14. The Balaban J connectivity index is 1.97. The lowest BCUT2D eigenvalue weighted by Crippen LogP contribution is -2.29. The van der Waals surface area contributed by atoms with Gasteiger partial charge in [-0.15, -0.1) is 5.10 Å². The molecule has 0 radical (unpaired) electrons. The minimum absolute atomic E-state index is 0.260. The van der Waals surface area contributed by atoms with E-state index in [1.807, 2.05) is 19.0 Å². The molecule has 0 spiro atoms. The number of hydrogen-bond acceptors (Lipinski definition) is 4. The van der Waals surface area contributed by atoms with Crippen LogP contribution in [0, 0.1) is 0 Å². The smallest absolute Gasteiger partial charge is 0.244 e. The zero-order chi connectivity index (χ0) is 12.5. The second-order valence-corrected chi connectivity index (χ2v) is 4.80. The van der Waals surface area contributed by atoms with Crippen LogP contribution < -0.4 is 10.2 Å². The van der Waals surface area contributed by atoms with Crippen molar-refractivity contribution in [1.82, 2.24) is 20.5 Å². The highest BCUT2D eigenvalue weighted by Crippen LogP contribution is 2.28. The van der Waals surface area contributed by atoms with Crippen LogP contribution in [0.5, 0.6) is 0 Å². The van der Waals surface area contributed by atoms with E-state index in [4.69, 9.17) is 0 Å². The SMILES string of the molecule is CN(C)c1n[nH]c(C2CNCc3ccccc32)n1. The van der Waals surface area contributed by atoms with Gasteiger partial charge in [0.2, 0.25) is 5.95 Å². The van der Waals surface area contributed by atoms with Crippen LogP contribution in [0.2, 0.25) is 0 Å². The highest BCUT2D eigenvalue weighted by atomic mass is 15.3. The minimum Gasteiger partial charge on any atom is -0.346 e. The Hall–Kier alpha value is -1.88. The molecule has 1 aromatic carbocycles. The van der Waals surface area contributed by atoms with Crippen molar-refractivity contribution in [2.45, 2.75) is 12.5 Å². The fourth-order valence-electron chi connectivity index (χ4n) is 2.36. The molecule has 0 aliphatic carbocycles. The van der Waals surface area contributed by atoms with Gasteiger partial charge in [-0.3, -0.25) is 5.10 Å². The van der Waals surface area contributed by atoms with Gasteiger partial charge in [0.25, 0.3) is 0 Å². The van der Waals surface area contributed by atoms with E-state index in [1.165, 1.54) is 11.1 Å². The lowest BCUT2D eigenvalue weighted by Gasteiger charge is -2.24. The number of rotatable bonds is 2. The summed E-state index contributed by atoms with van der Waals surface area (Å²) >= 11 is 0. The summed E-state index contributed by atoms with van der Waals surface area (Å²) in [6.07, 6.45) is 0. The third kappa shape index (κ3) is 1.86. The third-order valence-electron chi connectivity index (χ3n) is 3.32. The molecule has 5 heteroatoms. The maximum absolute atomic E-state index is 4.55. The first-order chi connectivity index (χ1) is 8.75. The molecule has 0 bridgehead atoms. The predicted molar refractivity (Wildman–Crippen MR) is 70.7 cm³/mol. The molecular formula is C13H17N5. The second kappa shape index (κ2) is 4.42. The molecule has 94 valence electrons. The van der Waals surface area contributed by atoms with Gasteiger partial charge in [0.1, 0.15) is 5.82 Å². The maximum Gasteiger partial charge on any atom is 0.244 e. The highest BCUT2D eigenvalue weighted by molar-refractivity contribution is 5.37. The van der Waals surface area contributed by atoms with Gasteiger partial charge in [-0.05, 0) is 11.1 Å². The Kier molecular flexibility index (Phi) is 2.76. The summed E-state index contributed by atoms with van der Waals surface area (Å²) in [5.41, 5.74) is 2.69. The van der Waals surface area contributed by atoms with Crippen molar-refractivity contribution in [3.63, 3.8) is 0 Å². The maximum atomic E-state index is 4.55. The molecule has 0 fully saturated rings. The van der Waals surface area contributed by atoms with Crippen LogP contribution in [-0.2, 0) is 6.54 Å². The number of H-pyrrole nitrogens is 1. The van der Waals surface area contributed by atoms with Crippen molar-refractivity contribution in [1.29, 1.82) is 0 Å². The molecule has 0 amide bonds. The van der Waals surface area contributed by atoms with E-state index in [1.54, 1.807) is 0 Å². The molecule has 5 nitrogen and oxygen atoms in total. The molecule has 1 aliphatic heterocycles. The molecule has 2 heterocycles. The molecular weight excluding hydrogens is 226 g/mol. The summed E-state index contributed by atoms with van der Waals surface area (Å²) in [6, 6.07) is 8.51. The first kappa shape index (κ1) is 11.2. The molecule has 0 saturated heterocycles. The van der Waals surface area contributed by atoms with Gasteiger partial charge in [-0.2, -0.15) is 4.98 Å². The van der Waals surface area contributed by atoms with E-state index in [-0.39, 0.29) is 5.92 Å². The molecule has 2 aromatic rings. The average molecular weight is 243 g/mol. The topological polar surface area (TPSA) is 56.8 Å². The van der Waals surface area contributed by atoms with Crippen LogP contribution in [-0.4, -0.2) is 35.8 Å². The largest absolute Gasteiger partial charge is 0.346 e. The fraction of sp³-hybridized carbons (Fsp3) is 0.385. The Morgan fingerprint density at radius 1 is 1.28 bits per heavy atom. The Bertz CT molecular complexity index is 546.